The zero-order valence-corrected chi connectivity index (χ0v) is 10.7. The minimum absolute atomic E-state index is 0.223. The highest BCUT2D eigenvalue weighted by Gasteiger charge is 2.22. The van der Waals surface area contributed by atoms with Gasteiger partial charge in [-0.2, -0.15) is 4.98 Å². The molecular weight excluding hydrogens is 238 g/mol. The average Bonchev–Trinajstić information content (AvgIpc) is 2.77. The molecule has 1 aromatic rings. The number of halogens is 1. The molecule has 2 rings (SSSR count). The maximum Gasteiger partial charge on any atom is 0.224 e. The van der Waals surface area contributed by atoms with Crippen molar-refractivity contribution in [2.75, 3.05) is 30.7 Å². The fourth-order valence-corrected chi connectivity index (χ4v) is 2.40. The molecule has 1 aromatic heterocycles. The molecule has 17 heavy (non-hydrogen) atoms. The quantitative estimate of drug-likeness (QED) is 0.800. The summed E-state index contributed by atoms with van der Waals surface area (Å²) in [6.45, 7) is 5.31. The standard InChI is InChI=1S/C11H18ClN5/c1-2-17-5-3-4-8(17)6-14-10-9(13)7-15-11(12)16-10/h7-8H,2-6,13H2,1H3,(H,14,15,16). The molecule has 0 radical (unpaired) electrons. The molecule has 5 nitrogen and oxygen atoms in total. The average molecular weight is 256 g/mol. The van der Waals surface area contributed by atoms with Gasteiger partial charge in [-0.3, -0.25) is 4.90 Å². The normalized spacial score (nSPS) is 20.7. The number of nitrogens with one attached hydrogen (secondary N) is 1. The van der Waals surface area contributed by atoms with Crippen LogP contribution in [0.3, 0.4) is 0 Å². The Morgan fingerprint density at radius 3 is 3.24 bits per heavy atom. The van der Waals surface area contributed by atoms with E-state index in [1.54, 1.807) is 0 Å². The molecule has 94 valence electrons. The third kappa shape index (κ3) is 2.98. The summed E-state index contributed by atoms with van der Waals surface area (Å²) in [6.07, 6.45) is 4.02. The van der Waals surface area contributed by atoms with Crippen LogP contribution in [-0.2, 0) is 0 Å². The van der Waals surface area contributed by atoms with Gasteiger partial charge in [-0.15, -0.1) is 0 Å². The Hall–Kier alpha value is -1.07. The molecule has 1 atom stereocenters. The molecule has 0 aliphatic carbocycles. The summed E-state index contributed by atoms with van der Waals surface area (Å²) in [5.74, 6) is 0.632. The van der Waals surface area contributed by atoms with Gasteiger partial charge in [0.25, 0.3) is 0 Å². The predicted octanol–water partition coefficient (Wildman–Crippen LogP) is 1.61. The van der Waals surface area contributed by atoms with Crippen molar-refractivity contribution >= 4 is 23.1 Å². The molecule has 1 fully saturated rings. The molecule has 0 saturated carbocycles. The number of nitrogens with zero attached hydrogens (tertiary/aromatic N) is 3. The molecule has 0 spiro atoms. The van der Waals surface area contributed by atoms with Crippen LogP contribution in [0.5, 0.6) is 0 Å². The van der Waals surface area contributed by atoms with Crippen LogP contribution in [0, 0.1) is 0 Å². The van der Waals surface area contributed by atoms with Gasteiger partial charge in [0.1, 0.15) is 0 Å². The van der Waals surface area contributed by atoms with E-state index in [1.165, 1.54) is 25.6 Å². The highest BCUT2D eigenvalue weighted by Crippen LogP contribution is 2.19. The van der Waals surface area contributed by atoms with Crippen LogP contribution in [0.4, 0.5) is 11.5 Å². The van der Waals surface area contributed by atoms with Gasteiger partial charge in [0.15, 0.2) is 5.82 Å². The van der Waals surface area contributed by atoms with E-state index in [0.29, 0.717) is 17.5 Å². The third-order valence-electron chi connectivity index (χ3n) is 3.20. The maximum atomic E-state index is 5.78. The first-order valence-corrected chi connectivity index (χ1v) is 6.34. The summed E-state index contributed by atoms with van der Waals surface area (Å²) in [5.41, 5.74) is 6.32. The summed E-state index contributed by atoms with van der Waals surface area (Å²) >= 11 is 5.74. The lowest BCUT2D eigenvalue weighted by Gasteiger charge is -2.23. The first-order valence-electron chi connectivity index (χ1n) is 5.96. The number of nitrogens with two attached hydrogens (primary N) is 1. The summed E-state index contributed by atoms with van der Waals surface area (Å²) in [7, 11) is 0. The Balaban J connectivity index is 1.95. The first kappa shape index (κ1) is 12.4. The van der Waals surface area contributed by atoms with Gasteiger partial charge >= 0.3 is 0 Å². The van der Waals surface area contributed by atoms with E-state index in [1.807, 2.05) is 0 Å². The molecular formula is C11H18ClN5. The summed E-state index contributed by atoms with van der Waals surface area (Å²) in [6, 6.07) is 0.563. The second-order valence-corrected chi connectivity index (χ2v) is 4.59. The highest BCUT2D eigenvalue weighted by atomic mass is 35.5. The first-order chi connectivity index (χ1) is 8.20. The molecule has 2 heterocycles. The smallest absolute Gasteiger partial charge is 0.224 e. The second-order valence-electron chi connectivity index (χ2n) is 4.25. The van der Waals surface area contributed by atoms with Crippen molar-refractivity contribution in [3.05, 3.63) is 11.5 Å². The fourth-order valence-electron chi connectivity index (χ4n) is 2.27. The monoisotopic (exact) mass is 255 g/mol. The number of aromatic nitrogens is 2. The van der Waals surface area contributed by atoms with Crippen molar-refractivity contribution in [2.45, 2.75) is 25.8 Å². The lowest BCUT2D eigenvalue weighted by molar-refractivity contribution is 0.277. The number of nitrogen functional groups attached to an aromatic ring is 1. The van der Waals surface area contributed by atoms with Crippen molar-refractivity contribution in [3.8, 4) is 0 Å². The van der Waals surface area contributed by atoms with E-state index in [-0.39, 0.29) is 5.28 Å². The van der Waals surface area contributed by atoms with Crippen LogP contribution in [0.15, 0.2) is 6.20 Å². The van der Waals surface area contributed by atoms with Crippen molar-refractivity contribution < 1.29 is 0 Å². The lowest BCUT2D eigenvalue weighted by atomic mass is 10.2. The van der Waals surface area contributed by atoms with Gasteiger partial charge in [0, 0.05) is 12.6 Å². The van der Waals surface area contributed by atoms with E-state index in [2.05, 4.69) is 27.1 Å². The van der Waals surface area contributed by atoms with Gasteiger partial charge in [-0.25, -0.2) is 4.98 Å². The predicted molar refractivity (Wildman–Crippen MR) is 70.2 cm³/mol. The van der Waals surface area contributed by atoms with Gasteiger partial charge in [-0.05, 0) is 37.5 Å². The molecule has 0 aromatic carbocycles. The number of hydrogen-bond donors (Lipinski definition) is 2. The molecule has 1 unspecified atom stereocenters. The Morgan fingerprint density at radius 1 is 1.65 bits per heavy atom. The number of rotatable bonds is 4. The van der Waals surface area contributed by atoms with Gasteiger partial charge in [0.05, 0.1) is 11.9 Å². The molecule has 0 amide bonds. The maximum absolute atomic E-state index is 5.78. The highest BCUT2D eigenvalue weighted by molar-refractivity contribution is 6.28. The van der Waals surface area contributed by atoms with Crippen LogP contribution >= 0.6 is 11.6 Å². The van der Waals surface area contributed by atoms with E-state index >= 15 is 0 Å². The SMILES string of the molecule is CCN1CCCC1CNc1nc(Cl)ncc1N. The second kappa shape index (κ2) is 5.51. The van der Waals surface area contributed by atoms with Crippen LogP contribution in [-0.4, -0.2) is 40.5 Å². The molecule has 1 aliphatic heterocycles. The van der Waals surface area contributed by atoms with Crippen LogP contribution in [0.25, 0.3) is 0 Å². The van der Waals surface area contributed by atoms with Crippen LogP contribution < -0.4 is 11.1 Å². The fraction of sp³-hybridized carbons (Fsp3) is 0.636. The Morgan fingerprint density at radius 2 is 2.47 bits per heavy atom. The number of likely N-dealkylation sites (tertiary alicyclic amines) is 1. The minimum Gasteiger partial charge on any atom is -0.394 e. The molecule has 0 bridgehead atoms. The Labute approximate surface area is 106 Å². The van der Waals surface area contributed by atoms with E-state index in [9.17, 15) is 0 Å². The molecule has 1 aliphatic rings. The molecule has 1 saturated heterocycles. The largest absolute Gasteiger partial charge is 0.394 e. The summed E-state index contributed by atoms with van der Waals surface area (Å²) in [4.78, 5) is 10.4. The Kier molecular flexibility index (Phi) is 4.02. The van der Waals surface area contributed by atoms with Crippen molar-refractivity contribution in [1.29, 1.82) is 0 Å². The Bertz CT molecular complexity index is 384. The van der Waals surface area contributed by atoms with E-state index in [0.717, 1.165) is 13.1 Å². The van der Waals surface area contributed by atoms with E-state index < -0.39 is 0 Å². The molecule has 3 N–H and O–H groups in total. The van der Waals surface area contributed by atoms with Crippen molar-refractivity contribution in [1.82, 2.24) is 14.9 Å². The van der Waals surface area contributed by atoms with E-state index in [4.69, 9.17) is 17.3 Å². The van der Waals surface area contributed by atoms with Crippen molar-refractivity contribution in [2.24, 2.45) is 0 Å². The third-order valence-corrected chi connectivity index (χ3v) is 3.38. The summed E-state index contributed by atoms with van der Waals surface area (Å²) in [5, 5.41) is 3.48. The number of anilines is 2. The zero-order chi connectivity index (χ0) is 12.3. The van der Waals surface area contributed by atoms with Gasteiger partial charge < -0.3 is 11.1 Å². The molecule has 6 heteroatoms. The lowest BCUT2D eigenvalue weighted by Crippen LogP contribution is -2.34. The van der Waals surface area contributed by atoms with Gasteiger partial charge in [-0.1, -0.05) is 6.92 Å². The van der Waals surface area contributed by atoms with Crippen molar-refractivity contribution in [3.63, 3.8) is 0 Å². The van der Waals surface area contributed by atoms with Gasteiger partial charge in [0.2, 0.25) is 5.28 Å². The van der Waals surface area contributed by atoms with Crippen LogP contribution in [0.2, 0.25) is 5.28 Å². The topological polar surface area (TPSA) is 67.1 Å². The summed E-state index contributed by atoms with van der Waals surface area (Å²) < 4.78 is 0. The zero-order valence-electron chi connectivity index (χ0n) is 9.99. The number of likely N-dealkylation sites (N-methyl/N-ethyl adjacent to an activating group) is 1. The van der Waals surface area contributed by atoms with Crippen LogP contribution in [0.1, 0.15) is 19.8 Å². The number of hydrogen-bond acceptors (Lipinski definition) is 5. The minimum atomic E-state index is 0.223.